The summed E-state index contributed by atoms with van der Waals surface area (Å²) < 4.78 is 18.1. The lowest BCUT2D eigenvalue weighted by molar-refractivity contribution is -0.133. The summed E-state index contributed by atoms with van der Waals surface area (Å²) in [6.45, 7) is 15.5. The predicted molar refractivity (Wildman–Crippen MR) is 347 cm³/mol. The van der Waals surface area contributed by atoms with Crippen LogP contribution in [0.4, 0.5) is 11.6 Å². The Hall–Kier alpha value is -4.54. The Kier molecular flexibility index (Phi) is 25.7. The van der Waals surface area contributed by atoms with Crippen molar-refractivity contribution in [2.75, 3.05) is 96.6 Å². The van der Waals surface area contributed by atoms with E-state index in [-0.39, 0.29) is 57.9 Å². The van der Waals surface area contributed by atoms with Crippen LogP contribution in [0.1, 0.15) is 86.5 Å². The third-order valence-electron chi connectivity index (χ3n) is 16.1. The second-order valence-corrected chi connectivity index (χ2v) is 30.4. The van der Waals surface area contributed by atoms with E-state index >= 15 is 0 Å². The standard InChI is InChI=1S/C29H36ClN7O3.C28H35BrClN7O3.CH4.BBr3/c1-4-27(38)37-13-12-36(16-21(37)9-10-31)28-24-17-35(15-20-14-23(39-3)7-8-25(20)30)18-26(24)32-29(33-28)40-19-22-6-5-11-34(22)2;1-18(29)27(39)37-11-10-36(14-20(37)7-8-31)26-23-15-35(13-19-12-22(38)5-6-24(19)30)16-25(23)32-28(33-26)40-17-21-4-3-9-34(21)2;;2-1(3)4/h4,7-8,14,21-22H,1,5-6,9,11-13,15-19H2,2-3H3;5-6,12,18,20-21,38H,3-4,7,9-11,13-17H2,1-2H3;1H4;/t21-,22-;18?,20-,21-;;/m00../s1. The van der Waals surface area contributed by atoms with E-state index in [0.29, 0.717) is 126 Å². The maximum Gasteiger partial charge on any atom is 0.369 e. The van der Waals surface area contributed by atoms with Gasteiger partial charge in [0, 0.05) is 112 Å². The molecule has 10 rings (SSSR count). The topological polar surface area (TPSA) is 207 Å². The Morgan fingerprint density at radius 1 is 0.741 bits per heavy atom. The zero-order valence-electron chi connectivity index (χ0n) is 47.8. The van der Waals surface area contributed by atoms with Gasteiger partial charge in [-0.1, -0.05) is 53.1 Å². The second-order valence-electron chi connectivity index (χ2n) is 21.8. The molecule has 2 aromatic heterocycles. The van der Waals surface area contributed by atoms with Crippen molar-refractivity contribution >= 4 is 113 Å². The number of fused-ring (bicyclic) bond motifs is 2. The molecule has 4 aromatic rings. The Bertz CT molecular complexity index is 3050. The molecule has 20 nitrogen and oxygen atoms in total. The van der Waals surface area contributed by atoms with Crippen molar-refractivity contribution in [1.29, 1.82) is 10.5 Å². The van der Waals surface area contributed by atoms with Crippen LogP contribution in [0.3, 0.4) is 0 Å². The van der Waals surface area contributed by atoms with Crippen LogP contribution in [0.15, 0.2) is 49.1 Å². The highest BCUT2D eigenvalue weighted by Crippen LogP contribution is 2.37. The number of nitrogens with zero attached hydrogens (tertiary/aromatic N) is 14. The number of likely N-dealkylation sites (tertiary alicyclic amines) is 2. The Morgan fingerprint density at radius 3 is 1.66 bits per heavy atom. The van der Waals surface area contributed by atoms with Crippen molar-refractivity contribution in [3.63, 3.8) is 0 Å². The molecular weight excluding hydrogens is 1390 g/mol. The molecule has 5 atom stereocenters. The number of anilines is 2. The number of piperazine rings is 2. The number of amides is 2. The summed E-state index contributed by atoms with van der Waals surface area (Å²) in [5.41, 5.74) is 5.72. The monoisotopic (exact) mass is 1460 g/mol. The molecule has 0 saturated carbocycles. The number of alkyl halides is 1. The summed E-state index contributed by atoms with van der Waals surface area (Å²) in [7, 11) is 5.88. The minimum Gasteiger partial charge on any atom is -0.508 e. The van der Waals surface area contributed by atoms with Crippen LogP contribution in [-0.4, -0.2) is 185 Å². The molecule has 458 valence electrons. The number of phenols is 1. The molecule has 1 N–H and O–H groups in total. The van der Waals surface area contributed by atoms with Gasteiger partial charge in [-0.3, -0.25) is 19.4 Å². The van der Waals surface area contributed by atoms with Crippen molar-refractivity contribution in [2.45, 2.75) is 121 Å². The Morgan fingerprint density at radius 2 is 1.21 bits per heavy atom. The van der Waals surface area contributed by atoms with Crippen molar-refractivity contribution in [3.8, 4) is 35.7 Å². The number of aromatic nitrogens is 4. The molecule has 2 aromatic carbocycles. The Labute approximate surface area is 543 Å². The quantitative estimate of drug-likeness (QED) is 0.0593. The number of carbonyl (C=O) groups excluding carboxylic acids is 2. The molecule has 6 aliphatic rings. The number of likely N-dealkylation sites (N-methyl/N-ethyl adjacent to an activating group) is 2. The van der Waals surface area contributed by atoms with Crippen LogP contribution in [0.5, 0.6) is 23.5 Å². The van der Waals surface area contributed by atoms with E-state index in [1.165, 1.54) is 6.08 Å². The van der Waals surface area contributed by atoms with Gasteiger partial charge in [-0.15, -0.1) is 47.3 Å². The highest BCUT2D eigenvalue weighted by molar-refractivity contribution is 9.69. The van der Waals surface area contributed by atoms with E-state index in [1.54, 1.807) is 30.2 Å². The molecule has 0 radical (unpaired) electrons. The fourth-order valence-corrected chi connectivity index (χ4v) is 12.3. The van der Waals surface area contributed by atoms with Crippen LogP contribution in [0, 0.1) is 22.7 Å². The zero-order chi connectivity index (χ0) is 60.2. The van der Waals surface area contributed by atoms with Gasteiger partial charge < -0.3 is 48.7 Å². The first-order valence-electron chi connectivity index (χ1n) is 28.1. The number of nitriles is 2. The second kappa shape index (κ2) is 32.1. The van der Waals surface area contributed by atoms with Gasteiger partial charge in [0.2, 0.25) is 11.8 Å². The molecule has 4 fully saturated rings. The van der Waals surface area contributed by atoms with Crippen molar-refractivity contribution < 1.29 is 28.9 Å². The van der Waals surface area contributed by atoms with E-state index in [4.69, 9.17) is 57.3 Å². The molecule has 1 unspecified atom stereocenters. The minimum absolute atomic E-state index is 0. The van der Waals surface area contributed by atoms with Crippen LogP contribution >= 0.6 is 86.4 Å². The summed E-state index contributed by atoms with van der Waals surface area (Å²) in [5, 5.41) is 30.3. The number of hydrogen-bond acceptors (Lipinski definition) is 18. The maximum atomic E-state index is 12.8. The van der Waals surface area contributed by atoms with Crippen LogP contribution in [-0.2, 0) is 48.9 Å². The van der Waals surface area contributed by atoms with Gasteiger partial charge >= 0.3 is 15.2 Å². The molecule has 0 aliphatic carbocycles. The number of halogens is 6. The van der Waals surface area contributed by atoms with Gasteiger partial charge in [-0.25, -0.2) is 0 Å². The molecular formula is C58H75BBr4Cl2N14O6. The molecule has 4 saturated heterocycles. The fraction of sp³-hybridized carbons (Fsp3) is 0.552. The minimum atomic E-state index is -0.310. The van der Waals surface area contributed by atoms with Gasteiger partial charge in [-0.05, 0) is 113 Å². The molecule has 6 aliphatic heterocycles. The average molecular weight is 1470 g/mol. The number of aromatic hydroxyl groups is 1. The molecule has 0 bridgehead atoms. The smallest absolute Gasteiger partial charge is 0.369 e. The van der Waals surface area contributed by atoms with Crippen LogP contribution in [0.2, 0.25) is 10.0 Å². The number of carbonyl (C=O) groups is 2. The van der Waals surface area contributed by atoms with Crippen LogP contribution < -0.4 is 24.0 Å². The van der Waals surface area contributed by atoms with Gasteiger partial charge in [0.1, 0.15) is 36.3 Å². The predicted octanol–water partition coefficient (Wildman–Crippen LogP) is 9.58. The van der Waals surface area contributed by atoms with E-state index in [0.717, 1.165) is 89.8 Å². The number of hydrogen-bond donors (Lipinski definition) is 1. The highest BCUT2D eigenvalue weighted by atomic mass is 79.9. The van der Waals surface area contributed by atoms with Gasteiger partial charge in [-0.2, -0.15) is 30.5 Å². The van der Waals surface area contributed by atoms with Gasteiger partial charge in [0.15, 0.2) is 0 Å². The van der Waals surface area contributed by atoms with Gasteiger partial charge in [0.25, 0.3) is 0 Å². The summed E-state index contributed by atoms with van der Waals surface area (Å²) in [6, 6.07) is 16.1. The van der Waals surface area contributed by atoms with E-state index in [9.17, 15) is 25.2 Å². The average Bonchev–Trinajstić information content (AvgIpc) is 2.78. The summed E-state index contributed by atoms with van der Waals surface area (Å²) in [4.78, 5) is 61.5. The third kappa shape index (κ3) is 17.8. The molecule has 27 heteroatoms. The number of ether oxygens (including phenoxy) is 3. The van der Waals surface area contributed by atoms with Crippen molar-refractivity contribution in [1.82, 2.24) is 49.3 Å². The van der Waals surface area contributed by atoms with E-state index in [2.05, 4.69) is 125 Å². The number of rotatable bonds is 17. The third-order valence-corrected chi connectivity index (χ3v) is 17.3. The summed E-state index contributed by atoms with van der Waals surface area (Å²) in [6.07, 6.45) is 6.30. The molecule has 85 heavy (non-hydrogen) atoms. The molecule has 2 amide bonds. The van der Waals surface area contributed by atoms with E-state index in [1.807, 2.05) is 30.0 Å². The number of phenolic OH excluding ortho intramolecular Hbond substituents is 1. The zero-order valence-corrected chi connectivity index (χ0v) is 55.6. The van der Waals surface area contributed by atoms with Crippen molar-refractivity contribution in [2.24, 2.45) is 0 Å². The first-order valence-corrected chi connectivity index (χ1v) is 32.5. The van der Waals surface area contributed by atoms with Crippen molar-refractivity contribution in [3.05, 3.63) is 92.7 Å². The van der Waals surface area contributed by atoms with Crippen LogP contribution in [0.25, 0.3) is 0 Å². The number of methoxy groups -OCH3 is 1. The first kappa shape index (κ1) is 68.0. The highest BCUT2D eigenvalue weighted by Gasteiger charge is 2.38. The lowest BCUT2D eigenvalue weighted by atomic mass is 10.1. The molecule has 8 heterocycles. The number of benzene rings is 2. The normalized spacial score (nSPS) is 20.8. The van der Waals surface area contributed by atoms with E-state index < -0.39 is 0 Å². The lowest BCUT2D eigenvalue weighted by Gasteiger charge is -2.42. The first-order chi connectivity index (χ1) is 40.4. The lowest BCUT2D eigenvalue weighted by Crippen LogP contribution is -2.56. The summed E-state index contributed by atoms with van der Waals surface area (Å²) in [5.74, 6) is 2.39. The Balaban J connectivity index is 0.000000227. The molecule has 0 spiro atoms. The summed E-state index contributed by atoms with van der Waals surface area (Å²) >= 11 is 25.7. The van der Waals surface area contributed by atoms with Gasteiger partial charge in [0.05, 0.1) is 60.4 Å². The largest absolute Gasteiger partial charge is 0.508 e. The maximum absolute atomic E-state index is 12.8. The fourth-order valence-electron chi connectivity index (χ4n) is 11.7. The SMILES string of the molecule is BrB(Br)Br.C.C=CC(=O)N1CCN(c2nc(OC[C@@H]3CCCN3C)nc3c2CN(Cc2cc(OC)ccc2Cl)C3)C[C@@H]1CC#N.CC(Br)C(=O)N1CCN(c2nc(OC[C@@H]3CCCN3C)nc3c2CN(Cc2cc(O)ccc2Cl)C3)C[C@@H]1CC#N.